The summed E-state index contributed by atoms with van der Waals surface area (Å²) in [5, 5.41) is 0. The SMILES string of the molecule is CCCCS(=O)(=O)NC1CC(=O)N(Cc2ccccc2)C1. The monoisotopic (exact) mass is 310 g/mol. The second-order valence-corrected chi connectivity index (χ2v) is 7.32. The van der Waals surface area contributed by atoms with Crippen molar-refractivity contribution in [1.29, 1.82) is 0 Å². The lowest BCUT2D eigenvalue weighted by Gasteiger charge is -2.17. The molecule has 116 valence electrons. The van der Waals surface area contributed by atoms with E-state index < -0.39 is 10.0 Å². The zero-order valence-corrected chi connectivity index (χ0v) is 13.1. The van der Waals surface area contributed by atoms with Gasteiger partial charge in [-0.05, 0) is 12.0 Å². The summed E-state index contributed by atoms with van der Waals surface area (Å²) in [6.07, 6.45) is 1.73. The maximum absolute atomic E-state index is 12.0. The first-order chi connectivity index (χ1) is 10.00. The number of carbonyl (C=O) groups excluding carboxylic acids is 1. The van der Waals surface area contributed by atoms with Gasteiger partial charge in [-0.25, -0.2) is 13.1 Å². The number of hydrogen-bond acceptors (Lipinski definition) is 3. The fourth-order valence-corrected chi connectivity index (χ4v) is 3.91. The van der Waals surface area contributed by atoms with Crippen molar-refractivity contribution in [3.63, 3.8) is 0 Å². The molecule has 5 nitrogen and oxygen atoms in total. The van der Waals surface area contributed by atoms with Crippen LogP contribution in [0.3, 0.4) is 0 Å². The maximum atomic E-state index is 12.0. The molecule has 1 atom stereocenters. The number of nitrogens with zero attached hydrogens (tertiary/aromatic N) is 1. The molecule has 6 heteroatoms. The summed E-state index contributed by atoms with van der Waals surface area (Å²) in [6, 6.07) is 9.42. The van der Waals surface area contributed by atoms with Crippen molar-refractivity contribution < 1.29 is 13.2 Å². The van der Waals surface area contributed by atoms with Crippen LogP contribution in [0.5, 0.6) is 0 Å². The van der Waals surface area contributed by atoms with Gasteiger partial charge in [-0.15, -0.1) is 0 Å². The molecular formula is C15H22N2O3S. The Labute approximate surface area is 126 Å². The molecular weight excluding hydrogens is 288 g/mol. The van der Waals surface area contributed by atoms with Crippen LogP contribution in [0.1, 0.15) is 31.7 Å². The lowest BCUT2D eigenvalue weighted by atomic mass is 10.2. The third-order valence-corrected chi connectivity index (χ3v) is 5.06. The first kappa shape index (κ1) is 16.0. The third kappa shape index (κ3) is 4.82. The normalized spacial score (nSPS) is 19.2. The Hall–Kier alpha value is -1.40. The van der Waals surface area contributed by atoms with Crippen molar-refractivity contribution in [1.82, 2.24) is 9.62 Å². The molecule has 1 aromatic rings. The van der Waals surface area contributed by atoms with Crippen molar-refractivity contribution in [2.45, 2.75) is 38.8 Å². The summed E-state index contributed by atoms with van der Waals surface area (Å²) in [5.41, 5.74) is 1.06. The van der Waals surface area contributed by atoms with Crippen LogP contribution in [-0.2, 0) is 21.4 Å². The molecule has 1 amide bonds. The summed E-state index contributed by atoms with van der Waals surface area (Å²) in [7, 11) is -3.28. The largest absolute Gasteiger partial charge is 0.337 e. The Bertz CT molecular complexity index is 572. The second kappa shape index (κ2) is 7.04. The Kier molecular flexibility index (Phi) is 5.36. The Morgan fingerprint density at radius 2 is 2.00 bits per heavy atom. The number of hydrogen-bond donors (Lipinski definition) is 1. The van der Waals surface area contributed by atoms with Crippen molar-refractivity contribution in [3.8, 4) is 0 Å². The molecule has 0 aromatic heterocycles. The topological polar surface area (TPSA) is 66.5 Å². The van der Waals surface area contributed by atoms with E-state index in [1.54, 1.807) is 4.90 Å². The Morgan fingerprint density at radius 3 is 2.67 bits per heavy atom. The molecule has 1 aliphatic rings. The number of sulfonamides is 1. The van der Waals surface area contributed by atoms with Crippen LogP contribution < -0.4 is 4.72 Å². The van der Waals surface area contributed by atoms with Crippen molar-refractivity contribution in [2.75, 3.05) is 12.3 Å². The molecule has 1 saturated heterocycles. The van der Waals surface area contributed by atoms with E-state index in [9.17, 15) is 13.2 Å². The van der Waals surface area contributed by atoms with E-state index in [0.29, 0.717) is 19.5 Å². The van der Waals surface area contributed by atoms with Crippen LogP contribution in [-0.4, -0.2) is 37.6 Å². The molecule has 1 unspecified atom stereocenters. The van der Waals surface area contributed by atoms with Crippen LogP contribution in [0.25, 0.3) is 0 Å². The predicted molar refractivity (Wildman–Crippen MR) is 82.1 cm³/mol. The van der Waals surface area contributed by atoms with Gasteiger partial charge in [-0.1, -0.05) is 43.7 Å². The van der Waals surface area contributed by atoms with Gasteiger partial charge in [0.1, 0.15) is 0 Å². The van der Waals surface area contributed by atoms with Gasteiger partial charge in [0, 0.05) is 25.6 Å². The molecule has 0 bridgehead atoms. The molecule has 0 spiro atoms. The number of amides is 1. The quantitative estimate of drug-likeness (QED) is 0.830. The summed E-state index contributed by atoms with van der Waals surface area (Å²) < 4.78 is 26.4. The minimum atomic E-state index is -3.28. The maximum Gasteiger partial charge on any atom is 0.224 e. The molecule has 1 aromatic carbocycles. The molecule has 0 radical (unpaired) electrons. The third-order valence-electron chi connectivity index (χ3n) is 3.54. The van der Waals surface area contributed by atoms with E-state index in [1.165, 1.54) is 0 Å². The molecule has 1 N–H and O–H groups in total. The smallest absolute Gasteiger partial charge is 0.224 e. The molecule has 2 rings (SSSR count). The highest BCUT2D eigenvalue weighted by Crippen LogP contribution is 2.16. The van der Waals surface area contributed by atoms with Gasteiger partial charge in [0.2, 0.25) is 15.9 Å². The van der Waals surface area contributed by atoms with E-state index in [1.807, 2.05) is 37.3 Å². The van der Waals surface area contributed by atoms with E-state index in [-0.39, 0.29) is 24.1 Å². The fraction of sp³-hybridized carbons (Fsp3) is 0.533. The molecule has 1 heterocycles. The Balaban J connectivity index is 1.90. The lowest BCUT2D eigenvalue weighted by Crippen LogP contribution is -2.38. The van der Waals surface area contributed by atoms with Gasteiger partial charge < -0.3 is 4.90 Å². The van der Waals surface area contributed by atoms with Gasteiger partial charge in [-0.2, -0.15) is 0 Å². The molecule has 0 saturated carbocycles. The molecule has 1 aliphatic heterocycles. The summed E-state index contributed by atoms with van der Waals surface area (Å²) in [4.78, 5) is 13.7. The summed E-state index contributed by atoms with van der Waals surface area (Å²) in [5.74, 6) is 0.134. The zero-order valence-electron chi connectivity index (χ0n) is 12.3. The number of rotatable bonds is 7. The number of likely N-dealkylation sites (tertiary alicyclic amines) is 1. The second-order valence-electron chi connectivity index (χ2n) is 5.45. The highest BCUT2D eigenvalue weighted by Gasteiger charge is 2.31. The highest BCUT2D eigenvalue weighted by molar-refractivity contribution is 7.89. The number of nitrogens with one attached hydrogen (secondary N) is 1. The highest BCUT2D eigenvalue weighted by atomic mass is 32.2. The van der Waals surface area contributed by atoms with Gasteiger partial charge in [0.05, 0.1) is 5.75 Å². The molecule has 0 aliphatic carbocycles. The lowest BCUT2D eigenvalue weighted by molar-refractivity contribution is -0.128. The van der Waals surface area contributed by atoms with Crippen LogP contribution in [0.4, 0.5) is 0 Å². The standard InChI is InChI=1S/C15H22N2O3S/c1-2-3-9-21(19,20)16-14-10-15(18)17(12-14)11-13-7-5-4-6-8-13/h4-8,14,16H,2-3,9-12H2,1H3. The summed E-state index contributed by atoms with van der Waals surface area (Å²) in [6.45, 7) is 2.93. The van der Waals surface area contributed by atoms with E-state index in [4.69, 9.17) is 0 Å². The predicted octanol–water partition coefficient (Wildman–Crippen LogP) is 1.51. The minimum Gasteiger partial charge on any atom is -0.337 e. The number of carbonyl (C=O) groups is 1. The van der Waals surface area contributed by atoms with Crippen LogP contribution >= 0.6 is 0 Å². The average Bonchev–Trinajstić information content (AvgIpc) is 2.77. The van der Waals surface area contributed by atoms with Crippen molar-refractivity contribution in [2.24, 2.45) is 0 Å². The average molecular weight is 310 g/mol. The van der Waals surface area contributed by atoms with Gasteiger partial charge in [-0.3, -0.25) is 4.79 Å². The fourth-order valence-electron chi connectivity index (χ4n) is 2.45. The zero-order chi connectivity index (χ0) is 15.3. The first-order valence-corrected chi connectivity index (χ1v) is 8.97. The first-order valence-electron chi connectivity index (χ1n) is 7.32. The Morgan fingerprint density at radius 1 is 1.29 bits per heavy atom. The van der Waals surface area contributed by atoms with Crippen LogP contribution in [0, 0.1) is 0 Å². The van der Waals surface area contributed by atoms with E-state index in [0.717, 1.165) is 12.0 Å². The van der Waals surface area contributed by atoms with Crippen LogP contribution in [0.2, 0.25) is 0 Å². The molecule has 1 fully saturated rings. The minimum absolute atomic E-state index is 0.00189. The van der Waals surface area contributed by atoms with Crippen molar-refractivity contribution in [3.05, 3.63) is 35.9 Å². The summed E-state index contributed by atoms with van der Waals surface area (Å²) >= 11 is 0. The van der Waals surface area contributed by atoms with Gasteiger partial charge in [0.25, 0.3) is 0 Å². The number of benzene rings is 1. The molecule has 21 heavy (non-hydrogen) atoms. The van der Waals surface area contributed by atoms with Gasteiger partial charge in [0.15, 0.2) is 0 Å². The number of unbranched alkanes of at least 4 members (excludes halogenated alkanes) is 1. The van der Waals surface area contributed by atoms with Crippen LogP contribution in [0.15, 0.2) is 30.3 Å². The van der Waals surface area contributed by atoms with E-state index in [2.05, 4.69) is 4.72 Å². The van der Waals surface area contributed by atoms with Gasteiger partial charge >= 0.3 is 0 Å². The van der Waals surface area contributed by atoms with E-state index >= 15 is 0 Å². The van der Waals surface area contributed by atoms with Crippen molar-refractivity contribution >= 4 is 15.9 Å².